The zero-order valence-electron chi connectivity index (χ0n) is 12.0. The predicted octanol–water partition coefficient (Wildman–Crippen LogP) is -3.17. The van der Waals surface area contributed by atoms with Crippen molar-refractivity contribution in [2.45, 2.75) is 36.7 Å². The molecule has 1 saturated heterocycles. The topological polar surface area (TPSA) is 182 Å². The number of phosphoric ester groups is 1. The number of aliphatic imine (C=N–C) groups is 2. The molecule has 0 bridgehead atoms. The highest BCUT2D eigenvalue weighted by molar-refractivity contribution is 7.80. The molecule has 2 unspecified atom stereocenters. The lowest BCUT2D eigenvalue weighted by molar-refractivity contribution is -0.0772. The first kappa shape index (κ1) is 17.6. The van der Waals surface area contributed by atoms with Crippen LogP contribution in [0.15, 0.2) is 9.98 Å². The summed E-state index contributed by atoms with van der Waals surface area (Å²) in [6, 6.07) is -0.509. The first-order chi connectivity index (χ1) is 11.2. The molecule has 7 N–H and O–H groups in total. The molecular weight excluding hydrogens is 365 g/mol. The summed E-state index contributed by atoms with van der Waals surface area (Å²) < 4.78 is 20.6. The number of ether oxygens (including phenoxy) is 1. The van der Waals surface area contributed by atoms with Crippen molar-refractivity contribution in [3.8, 4) is 0 Å². The summed E-state index contributed by atoms with van der Waals surface area (Å²) in [5.74, 6) is 0.0890. The van der Waals surface area contributed by atoms with Crippen molar-refractivity contribution >= 4 is 37.3 Å². The zero-order valence-corrected chi connectivity index (χ0v) is 13.7. The largest absolute Gasteiger partial charge is 0.469 e. The Morgan fingerprint density at radius 3 is 2.83 bits per heavy atom. The van der Waals surface area contributed by atoms with Gasteiger partial charge in [-0.15, -0.1) is 0 Å². The monoisotopic (exact) mass is 381 g/mol. The molecule has 3 aliphatic rings. The second kappa shape index (κ2) is 6.28. The van der Waals surface area contributed by atoms with E-state index in [1.807, 2.05) is 0 Å². The average molecular weight is 381 g/mol. The number of aliphatic hydroxyl groups excluding tert-OH is 2. The number of nitrogens with two attached hydrogens (primary N) is 1. The molecule has 0 aromatic rings. The van der Waals surface area contributed by atoms with Crippen molar-refractivity contribution in [2.75, 3.05) is 6.61 Å². The standard InChI is InChI=1S/C10H16N5O7PS/c11-10-13-7-4(8(24)14-10)12-2-15(7)9-6(17)5(16)3(22-9)1-21-23(18,19)20/h2-7,9,16-17H,1H2,(H2,18,19,20)(H3,11,13,14,24)/t3-,4?,5-,6-,7?,9-/m1/s1. The summed E-state index contributed by atoms with van der Waals surface area (Å²) in [6.07, 6.45) is -4.25. The molecule has 0 saturated carbocycles. The number of thiocarbonyl (C=S) groups is 1. The van der Waals surface area contributed by atoms with Gasteiger partial charge in [0.05, 0.1) is 12.9 Å². The number of nitrogens with zero attached hydrogens (tertiary/aromatic N) is 3. The molecule has 134 valence electrons. The van der Waals surface area contributed by atoms with Gasteiger partial charge >= 0.3 is 7.82 Å². The minimum absolute atomic E-state index is 0.0890. The molecule has 1 fully saturated rings. The van der Waals surface area contributed by atoms with Crippen LogP contribution in [0.25, 0.3) is 0 Å². The number of aliphatic hydroxyl groups is 2. The Hall–Kier alpha value is -1.18. The Labute approximate surface area is 141 Å². The third-order valence-corrected chi connectivity index (χ3v) is 4.61. The van der Waals surface area contributed by atoms with Crippen LogP contribution in [-0.2, 0) is 13.8 Å². The second-order valence-electron chi connectivity index (χ2n) is 5.41. The normalized spacial score (nSPS) is 38.9. The van der Waals surface area contributed by atoms with Gasteiger partial charge in [-0.05, 0) is 0 Å². The van der Waals surface area contributed by atoms with Crippen molar-refractivity contribution < 1.29 is 33.8 Å². The number of hydrogen-bond acceptors (Lipinski definition) is 10. The van der Waals surface area contributed by atoms with Gasteiger partial charge in [0.15, 0.2) is 18.4 Å². The number of rotatable bonds is 4. The van der Waals surface area contributed by atoms with E-state index in [-0.39, 0.29) is 5.96 Å². The third kappa shape index (κ3) is 3.30. The van der Waals surface area contributed by atoms with E-state index in [9.17, 15) is 14.8 Å². The molecule has 0 radical (unpaired) electrons. The molecule has 0 amide bonds. The SMILES string of the molecule is NC1=NC2C(N=CN2[C@@H]2O[C@H](COP(=O)(O)O)[C@@H](O)[C@H]2O)C(=S)N1. The quantitative estimate of drug-likeness (QED) is 0.213. The van der Waals surface area contributed by atoms with Crippen LogP contribution in [-0.4, -0.2) is 85.5 Å². The van der Waals surface area contributed by atoms with Gasteiger partial charge in [0.1, 0.15) is 29.3 Å². The van der Waals surface area contributed by atoms with Crippen molar-refractivity contribution in [3.63, 3.8) is 0 Å². The predicted molar refractivity (Wildman–Crippen MR) is 83.9 cm³/mol. The Morgan fingerprint density at radius 1 is 1.46 bits per heavy atom. The average Bonchev–Trinajstić information content (AvgIpc) is 3.00. The first-order valence-electron chi connectivity index (χ1n) is 6.84. The van der Waals surface area contributed by atoms with Gasteiger partial charge in [0.2, 0.25) is 0 Å². The maximum Gasteiger partial charge on any atom is 0.469 e. The van der Waals surface area contributed by atoms with E-state index in [1.165, 1.54) is 11.2 Å². The van der Waals surface area contributed by atoms with Crippen molar-refractivity contribution in [3.05, 3.63) is 0 Å². The van der Waals surface area contributed by atoms with Gasteiger partial charge in [-0.3, -0.25) is 9.52 Å². The molecule has 12 nitrogen and oxygen atoms in total. The summed E-state index contributed by atoms with van der Waals surface area (Å²) in [5, 5.41) is 22.9. The number of fused-ring (bicyclic) bond motifs is 1. The molecule has 14 heteroatoms. The second-order valence-corrected chi connectivity index (χ2v) is 7.09. The van der Waals surface area contributed by atoms with E-state index in [1.54, 1.807) is 0 Å². The third-order valence-electron chi connectivity index (χ3n) is 3.78. The van der Waals surface area contributed by atoms with Crippen LogP contribution < -0.4 is 11.1 Å². The molecule has 6 atom stereocenters. The number of guanidine groups is 1. The molecule has 3 aliphatic heterocycles. The van der Waals surface area contributed by atoms with Crippen LogP contribution in [0.3, 0.4) is 0 Å². The molecule has 3 heterocycles. The van der Waals surface area contributed by atoms with Crippen LogP contribution in [0.1, 0.15) is 0 Å². The fourth-order valence-corrected chi connectivity index (χ4v) is 3.30. The highest BCUT2D eigenvalue weighted by Gasteiger charge is 2.50. The van der Waals surface area contributed by atoms with Crippen LogP contribution >= 0.6 is 20.0 Å². The zero-order chi connectivity index (χ0) is 17.6. The summed E-state index contributed by atoms with van der Waals surface area (Å²) in [5.41, 5.74) is 5.64. The Bertz CT molecular complexity index is 641. The lowest BCUT2D eigenvalue weighted by Crippen LogP contribution is -2.56. The van der Waals surface area contributed by atoms with E-state index in [4.69, 9.17) is 32.5 Å². The van der Waals surface area contributed by atoms with E-state index >= 15 is 0 Å². The fourth-order valence-electron chi connectivity index (χ4n) is 2.67. The van der Waals surface area contributed by atoms with Gasteiger partial charge in [-0.2, -0.15) is 0 Å². The summed E-state index contributed by atoms with van der Waals surface area (Å²) in [7, 11) is -4.73. The van der Waals surface area contributed by atoms with Gasteiger partial charge in [0, 0.05) is 0 Å². The summed E-state index contributed by atoms with van der Waals surface area (Å²) in [6.45, 7) is -0.594. The van der Waals surface area contributed by atoms with E-state index in [2.05, 4.69) is 19.8 Å². The van der Waals surface area contributed by atoms with Crippen LogP contribution in [0.5, 0.6) is 0 Å². The molecule has 24 heavy (non-hydrogen) atoms. The molecule has 3 rings (SSSR count). The highest BCUT2D eigenvalue weighted by atomic mass is 32.1. The fraction of sp³-hybridized carbons (Fsp3) is 0.700. The molecule has 0 aliphatic carbocycles. The number of phosphoric acid groups is 1. The lowest BCUT2D eigenvalue weighted by atomic mass is 10.1. The number of nitrogens with one attached hydrogen (secondary N) is 1. The molecule has 0 spiro atoms. The first-order valence-corrected chi connectivity index (χ1v) is 8.78. The van der Waals surface area contributed by atoms with Gasteiger partial charge in [0.25, 0.3) is 0 Å². The van der Waals surface area contributed by atoms with Crippen LogP contribution in [0.2, 0.25) is 0 Å². The Balaban J connectivity index is 1.73. The Kier molecular flexibility index (Phi) is 4.61. The van der Waals surface area contributed by atoms with Crippen LogP contribution in [0, 0.1) is 0 Å². The van der Waals surface area contributed by atoms with E-state index in [0.29, 0.717) is 4.99 Å². The number of hydrogen-bond donors (Lipinski definition) is 6. The van der Waals surface area contributed by atoms with E-state index < -0.39 is 51.2 Å². The Morgan fingerprint density at radius 2 is 2.17 bits per heavy atom. The van der Waals surface area contributed by atoms with Gasteiger partial charge in [-0.25, -0.2) is 9.56 Å². The van der Waals surface area contributed by atoms with E-state index in [0.717, 1.165) is 0 Å². The summed E-state index contributed by atoms with van der Waals surface area (Å²) in [4.78, 5) is 27.6. The minimum Gasteiger partial charge on any atom is -0.387 e. The smallest absolute Gasteiger partial charge is 0.387 e. The lowest BCUT2D eigenvalue weighted by Gasteiger charge is -2.33. The maximum atomic E-state index is 10.8. The molecule has 0 aromatic carbocycles. The summed E-state index contributed by atoms with van der Waals surface area (Å²) >= 11 is 5.13. The van der Waals surface area contributed by atoms with Crippen molar-refractivity contribution in [2.24, 2.45) is 15.7 Å². The minimum atomic E-state index is -4.73. The van der Waals surface area contributed by atoms with Gasteiger partial charge in [-0.1, -0.05) is 12.2 Å². The molecule has 0 aromatic heterocycles. The highest BCUT2D eigenvalue weighted by Crippen LogP contribution is 2.38. The molecular formula is C10H16N5O7PS. The van der Waals surface area contributed by atoms with Crippen LogP contribution in [0.4, 0.5) is 0 Å². The van der Waals surface area contributed by atoms with Crippen molar-refractivity contribution in [1.29, 1.82) is 0 Å². The maximum absolute atomic E-state index is 10.8. The van der Waals surface area contributed by atoms with Crippen molar-refractivity contribution in [1.82, 2.24) is 10.2 Å². The van der Waals surface area contributed by atoms with Gasteiger partial charge < -0.3 is 40.7 Å².